The van der Waals surface area contributed by atoms with Crippen molar-refractivity contribution in [2.45, 2.75) is 50.2 Å². The van der Waals surface area contributed by atoms with E-state index in [4.69, 9.17) is 24.0 Å². The predicted octanol–water partition coefficient (Wildman–Crippen LogP) is 2.07. The molecule has 3 aliphatic heterocycles. The number of halogens is 4. The van der Waals surface area contributed by atoms with E-state index in [1.54, 1.807) is 0 Å². The molecule has 4 unspecified atom stereocenters. The molecule has 3 aliphatic rings. The van der Waals surface area contributed by atoms with Crippen LogP contribution in [-0.2, 0) is 22.9 Å². The number of fused-ring (bicyclic) bond motifs is 1. The van der Waals surface area contributed by atoms with Crippen LogP contribution in [-0.4, -0.2) is 60.4 Å². The Labute approximate surface area is 146 Å². The van der Waals surface area contributed by atoms with Crippen molar-refractivity contribution in [3.8, 4) is 0 Å². The van der Waals surface area contributed by atoms with E-state index in [2.05, 4.69) is 4.99 Å². The lowest BCUT2D eigenvalue weighted by molar-refractivity contribution is -0.212. The van der Waals surface area contributed by atoms with Crippen LogP contribution in [0.2, 0.25) is 0 Å². The van der Waals surface area contributed by atoms with Crippen molar-refractivity contribution in [3.05, 3.63) is 12.3 Å². The van der Waals surface area contributed by atoms with Crippen LogP contribution in [0.1, 0.15) is 13.8 Å². The average molecular weight is 403 g/mol. The fourth-order valence-corrected chi connectivity index (χ4v) is 4.46. The number of aliphatic imine (C=N–C) groups is 1. The van der Waals surface area contributed by atoms with Gasteiger partial charge in [0.1, 0.15) is 12.5 Å². The van der Waals surface area contributed by atoms with Crippen molar-refractivity contribution in [1.82, 2.24) is 4.90 Å². The van der Waals surface area contributed by atoms with Gasteiger partial charge in [0.25, 0.3) is 6.43 Å². The van der Waals surface area contributed by atoms with E-state index in [1.807, 2.05) is 0 Å². The Balaban J connectivity index is 1.93. The zero-order chi connectivity index (χ0) is 19.3. The molecular weight excluding hydrogens is 385 g/mol. The lowest BCUT2D eigenvalue weighted by Gasteiger charge is -2.39. The van der Waals surface area contributed by atoms with Gasteiger partial charge in [0.05, 0.1) is 12.7 Å². The second-order valence-corrected chi connectivity index (χ2v) is 7.89. The second kappa shape index (κ2) is 6.45. The molecule has 0 aromatic rings. The number of phosphoric ester groups is 1. The fourth-order valence-electron chi connectivity index (χ4n) is 2.83. The molecular formula is C13H18F4N3O5P. The molecule has 4 atom stereocenters. The van der Waals surface area contributed by atoms with E-state index >= 15 is 0 Å². The first-order valence-corrected chi connectivity index (χ1v) is 9.15. The van der Waals surface area contributed by atoms with Gasteiger partial charge in [0.15, 0.2) is 17.9 Å². The number of ether oxygens (including phenoxy) is 1. The summed E-state index contributed by atoms with van der Waals surface area (Å²) in [7, 11) is -4.46. The van der Waals surface area contributed by atoms with Gasteiger partial charge in [-0.2, -0.15) is 8.78 Å². The molecule has 13 heteroatoms. The number of nitrogens with zero attached hydrogens (tertiary/aromatic N) is 2. The largest absolute Gasteiger partial charge is 0.475 e. The van der Waals surface area contributed by atoms with E-state index in [9.17, 15) is 22.1 Å². The highest BCUT2D eigenvalue weighted by atomic mass is 31.2. The van der Waals surface area contributed by atoms with Crippen molar-refractivity contribution in [1.29, 1.82) is 0 Å². The molecule has 2 fully saturated rings. The summed E-state index contributed by atoms with van der Waals surface area (Å²) in [5.74, 6) is -3.86. The molecule has 2 N–H and O–H groups in total. The quantitative estimate of drug-likeness (QED) is 0.567. The van der Waals surface area contributed by atoms with Gasteiger partial charge in [-0.1, -0.05) is 0 Å². The molecule has 3 rings (SSSR count). The summed E-state index contributed by atoms with van der Waals surface area (Å²) < 4.78 is 89.2. The Morgan fingerprint density at radius 2 is 2.15 bits per heavy atom. The first kappa shape index (κ1) is 19.6. The Bertz CT molecular complexity index is 676. The van der Waals surface area contributed by atoms with Crippen LogP contribution < -0.4 is 5.73 Å². The van der Waals surface area contributed by atoms with Crippen LogP contribution in [0.3, 0.4) is 0 Å². The van der Waals surface area contributed by atoms with Crippen LogP contribution in [0.25, 0.3) is 0 Å². The van der Waals surface area contributed by atoms with Gasteiger partial charge < -0.3 is 15.4 Å². The molecule has 0 saturated carbocycles. The summed E-state index contributed by atoms with van der Waals surface area (Å²) >= 11 is 0. The van der Waals surface area contributed by atoms with E-state index in [0.29, 0.717) is 0 Å². The Kier molecular flexibility index (Phi) is 4.85. The molecule has 8 nitrogen and oxygen atoms in total. The van der Waals surface area contributed by atoms with Crippen molar-refractivity contribution in [2.75, 3.05) is 13.3 Å². The van der Waals surface area contributed by atoms with Crippen LogP contribution in [0.15, 0.2) is 17.3 Å². The topological polar surface area (TPSA) is 95.6 Å². The van der Waals surface area contributed by atoms with Crippen LogP contribution in [0.4, 0.5) is 17.6 Å². The summed E-state index contributed by atoms with van der Waals surface area (Å²) in [6.45, 7) is 1.53. The molecule has 148 valence electrons. The number of alkyl halides is 4. The van der Waals surface area contributed by atoms with Gasteiger partial charge in [-0.15, -0.1) is 0 Å². The summed E-state index contributed by atoms with van der Waals surface area (Å²) in [5, 5.41) is 0. The number of rotatable bonds is 4. The van der Waals surface area contributed by atoms with E-state index in [1.165, 1.54) is 19.9 Å². The molecule has 3 heterocycles. The van der Waals surface area contributed by atoms with E-state index in [0.717, 1.165) is 11.1 Å². The van der Waals surface area contributed by atoms with E-state index < -0.39 is 50.8 Å². The van der Waals surface area contributed by atoms with Crippen LogP contribution in [0, 0.1) is 0 Å². The number of amidine groups is 1. The van der Waals surface area contributed by atoms with Crippen molar-refractivity contribution < 1.29 is 40.4 Å². The van der Waals surface area contributed by atoms with Crippen molar-refractivity contribution in [2.24, 2.45) is 10.7 Å². The third-order valence-corrected chi connectivity index (χ3v) is 5.59. The number of nitrogens with two attached hydrogens (primary N) is 1. The van der Waals surface area contributed by atoms with E-state index in [-0.39, 0.29) is 12.5 Å². The maximum Gasteiger partial charge on any atom is 0.475 e. The minimum absolute atomic E-state index is 0.0953. The molecule has 0 spiro atoms. The zero-order valence-corrected chi connectivity index (χ0v) is 14.7. The molecule has 0 aliphatic carbocycles. The average Bonchev–Trinajstić information content (AvgIpc) is 2.76. The summed E-state index contributed by atoms with van der Waals surface area (Å²) in [4.78, 5) is 4.65. The first-order valence-electron chi connectivity index (χ1n) is 7.69. The Morgan fingerprint density at radius 1 is 1.46 bits per heavy atom. The SMILES string of the molecule is CC(C)OP1(=O)OCC2(C(F)F)OC(N3C=CC(N)=NC3)C(F)(F)C2O1. The molecule has 0 aromatic carbocycles. The Hall–Kier alpha value is -1.20. The minimum Gasteiger partial charge on any atom is -0.384 e. The number of hydrogen-bond donors (Lipinski definition) is 1. The van der Waals surface area contributed by atoms with Gasteiger partial charge in [0.2, 0.25) is 0 Å². The maximum atomic E-state index is 14.9. The highest BCUT2D eigenvalue weighted by Crippen LogP contribution is 2.63. The molecule has 0 radical (unpaired) electrons. The number of phosphoric acid groups is 1. The lowest BCUT2D eigenvalue weighted by Crippen LogP contribution is -2.57. The Morgan fingerprint density at radius 3 is 2.69 bits per heavy atom. The lowest BCUT2D eigenvalue weighted by atomic mass is 9.96. The highest BCUT2D eigenvalue weighted by molar-refractivity contribution is 7.48. The van der Waals surface area contributed by atoms with Gasteiger partial charge in [-0.25, -0.2) is 18.3 Å². The molecule has 0 bridgehead atoms. The van der Waals surface area contributed by atoms with Gasteiger partial charge in [0, 0.05) is 6.20 Å². The normalized spacial score (nSPS) is 39.4. The zero-order valence-electron chi connectivity index (χ0n) is 13.9. The minimum atomic E-state index is -4.46. The van der Waals surface area contributed by atoms with Gasteiger partial charge in [-0.3, -0.25) is 13.6 Å². The highest BCUT2D eigenvalue weighted by Gasteiger charge is 2.75. The van der Waals surface area contributed by atoms with Crippen LogP contribution in [0.5, 0.6) is 0 Å². The second-order valence-electron chi connectivity index (χ2n) is 6.32. The smallest absolute Gasteiger partial charge is 0.384 e. The monoisotopic (exact) mass is 403 g/mol. The maximum absolute atomic E-state index is 14.9. The summed E-state index contributed by atoms with van der Waals surface area (Å²) in [5.41, 5.74) is 2.62. The van der Waals surface area contributed by atoms with Crippen LogP contribution >= 0.6 is 7.82 Å². The summed E-state index contributed by atoms with van der Waals surface area (Å²) in [6.07, 6.45) is -6.38. The molecule has 26 heavy (non-hydrogen) atoms. The third kappa shape index (κ3) is 3.13. The fraction of sp³-hybridized carbons (Fsp3) is 0.769. The first-order chi connectivity index (χ1) is 12.0. The van der Waals surface area contributed by atoms with Crippen molar-refractivity contribution in [3.63, 3.8) is 0 Å². The van der Waals surface area contributed by atoms with Crippen molar-refractivity contribution >= 4 is 13.7 Å². The molecule has 2 saturated heterocycles. The standard InChI is InChI=1S/C13H18F4N3O5P/c1-7(2)24-26(21)22-5-12(10(14)15)9(25-26)13(16,17)11(23-12)20-4-3-8(18)19-6-20/h3-4,7,9-11H,5-6H2,1-2H3,(H2,18,19). The van der Waals surface area contributed by atoms with Gasteiger partial charge >= 0.3 is 13.7 Å². The van der Waals surface area contributed by atoms with Gasteiger partial charge in [-0.05, 0) is 19.9 Å². The third-order valence-electron chi connectivity index (χ3n) is 4.00. The predicted molar refractivity (Wildman–Crippen MR) is 80.7 cm³/mol. The number of hydrogen-bond acceptors (Lipinski definition) is 8. The molecule has 0 amide bonds. The summed E-state index contributed by atoms with van der Waals surface area (Å²) in [6, 6.07) is 0. The molecule has 0 aromatic heterocycles.